The fourth-order valence-corrected chi connectivity index (χ4v) is 3.47. The molecule has 1 aliphatic heterocycles. The maximum atomic E-state index is 4.68. The highest BCUT2D eigenvalue weighted by atomic mass is 15.2. The third-order valence-electron chi connectivity index (χ3n) is 4.54. The Morgan fingerprint density at radius 3 is 2.42 bits per heavy atom. The summed E-state index contributed by atoms with van der Waals surface area (Å²) in [7, 11) is 0. The van der Waals surface area contributed by atoms with Crippen molar-refractivity contribution in [3.63, 3.8) is 0 Å². The van der Waals surface area contributed by atoms with Crippen LogP contribution in [-0.2, 0) is 0 Å². The molecule has 1 fully saturated rings. The molecule has 0 spiro atoms. The number of hydrogen-bond donors (Lipinski definition) is 1. The minimum atomic E-state index is 0.511. The van der Waals surface area contributed by atoms with Crippen molar-refractivity contribution in [2.24, 2.45) is 0 Å². The van der Waals surface area contributed by atoms with Crippen LogP contribution < -0.4 is 10.2 Å². The number of para-hydroxylation sites is 1. The molecule has 4 nitrogen and oxygen atoms in total. The van der Waals surface area contributed by atoms with E-state index in [1.54, 1.807) is 0 Å². The molecule has 4 rings (SSSR count). The van der Waals surface area contributed by atoms with Gasteiger partial charge in [0.1, 0.15) is 0 Å². The van der Waals surface area contributed by atoms with Gasteiger partial charge in [-0.15, -0.1) is 0 Å². The zero-order chi connectivity index (χ0) is 16.5. The molecule has 1 aromatic heterocycles. The highest BCUT2D eigenvalue weighted by molar-refractivity contribution is 5.79. The lowest BCUT2D eigenvalue weighted by Crippen LogP contribution is -2.54. The van der Waals surface area contributed by atoms with Crippen molar-refractivity contribution in [3.8, 4) is 11.4 Å². The van der Waals surface area contributed by atoms with Crippen LogP contribution in [0.3, 0.4) is 0 Å². The Bertz CT molecular complexity index is 834. The average Bonchev–Trinajstić information content (AvgIpc) is 2.61. The molecule has 0 amide bonds. The van der Waals surface area contributed by atoms with Gasteiger partial charge in [-0.05, 0) is 44.2 Å². The fourth-order valence-electron chi connectivity index (χ4n) is 3.47. The Morgan fingerprint density at radius 2 is 1.67 bits per heavy atom. The Labute approximate surface area is 142 Å². The lowest BCUT2D eigenvalue weighted by atomic mass is 10.1. The second-order valence-electron chi connectivity index (χ2n) is 6.67. The summed E-state index contributed by atoms with van der Waals surface area (Å²) < 4.78 is 0. The highest BCUT2D eigenvalue weighted by Crippen LogP contribution is 2.23. The first kappa shape index (κ1) is 15.1. The Morgan fingerprint density at radius 1 is 0.958 bits per heavy atom. The normalized spacial score (nSPS) is 21.2. The van der Waals surface area contributed by atoms with Gasteiger partial charge in [0.25, 0.3) is 0 Å². The van der Waals surface area contributed by atoms with E-state index in [-0.39, 0.29) is 0 Å². The minimum Gasteiger partial charge on any atom is -0.368 e. The SMILES string of the molecule is CC1CN(c2ccc(-c3ncc4ccccc4n3)cc2)CC(C)N1. The Balaban J connectivity index is 1.60. The van der Waals surface area contributed by atoms with Crippen LogP contribution in [0.5, 0.6) is 0 Å². The van der Waals surface area contributed by atoms with Gasteiger partial charge in [0.15, 0.2) is 5.82 Å². The third-order valence-corrected chi connectivity index (χ3v) is 4.54. The van der Waals surface area contributed by atoms with Gasteiger partial charge in [-0.3, -0.25) is 0 Å². The lowest BCUT2D eigenvalue weighted by Gasteiger charge is -2.37. The lowest BCUT2D eigenvalue weighted by molar-refractivity contribution is 0.407. The maximum absolute atomic E-state index is 4.68. The summed E-state index contributed by atoms with van der Waals surface area (Å²) in [5.41, 5.74) is 3.30. The van der Waals surface area contributed by atoms with Crippen LogP contribution >= 0.6 is 0 Å². The van der Waals surface area contributed by atoms with E-state index >= 15 is 0 Å². The molecule has 2 unspecified atom stereocenters. The Kier molecular flexibility index (Phi) is 3.90. The minimum absolute atomic E-state index is 0.511. The predicted octanol–water partition coefficient (Wildman–Crippen LogP) is 3.48. The van der Waals surface area contributed by atoms with Gasteiger partial charge in [-0.1, -0.05) is 18.2 Å². The van der Waals surface area contributed by atoms with E-state index < -0.39 is 0 Å². The standard InChI is InChI=1S/C20H22N4/c1-14-12-24(13-15(2)22-14)18-9-7-16(8-10-18)20-21-11-17-5-3-4-6-19(17)23-20/h3-11,14-15,22H,12-13H2,1-2H3. The summed E-state index contributed by atoms with van der Waals surface area (Å²) in [5.74, 6) is 0.780. The fraction of sp³-hybridized carbons (Fsp3) is 0.300. The largest absolute Gasteiger partial charge is 0.368 e. The predicted molar refractivity (Wildman–Crippen MR) is 99.2 cm³/mol. The van der Waals surface area contributed by atoms with E-state index in [9.17, 15) is 0 Å². The zero-order valence-electron chi connectivity index (χ0n) is 14.1. The number of rotatable bonds is 2. The topological polar surface area (TPSA) is 41.1 Å². The molecule has 1 saturated heterocycles. The van der Waals surface area contributed by atoms with Crippen molar-refractivity contribution >= 4 is 16.6 Å². The monoisotopic (exact) mass is 318 g/mol. The smallest absolute Gasteiger partial charge is 0.159 e. The van der Waals surface area contributed by atoms with Crippen LogP contribution in [-0.4, -0.2) is 35.1 Å². The van der Waals surface area contributed by atoms with Gasteiger partial charge in [0, 0.05) is 48.0 Å². The Hall–Kier alpha value is -2.46. The van der Waals surface area contributed by atoms with E-state index in [1.807, 2.05) is 30.5 Å². The molecule has 2 heterocycles. The highest BCUT2D eigenvalue weighted by Gasteiger charge is 2.21. The van der Waals surface area contributed by atoms with Crippen LogP contribution in [0.2, 0.25) is 0 Å². The molecular formula is C20H22N4. The molecule has 0 saturated carbocycles. The van der Waals surface area contributed by atoms with Crippen LogP contribution in [0.15, 0.2) is 54.7 Å². The van der Waals surface area contributed by atoms with Crippen molar-refractivity contribution in [1.82, 2.24) is 15.3 Å². The molecule has 1 N–H and O–H groups in total. The van der Waals surface area contributed by atoms with E-state index in [2.05, 4.69) is 58.3 Å². The molecule has 24 heavy (non-hydrogen) atoms. The number of nitrogens with one attached hydrogen (secondary N) is 1. The molecule has 0 aliphatic carbocycles. The summed E-state index contributed by atoms with van der Waals surface area (Å²) in [5, 5.41) is 4.64. The number of aromatic nitrogens is 2. The van der Waals surface area contributed by atoms with Crippen LogP contribution in [0, 0.1) is 0 Å². The maximum Gasteiger partial charge on any atom is 0.159 e. The van der Waals surface area contributed by atoms with Gasteiger partial charge in [0.2, 0.25) is 0 Å². The van der Waals surface area contributed by atoms with Gasteiger partial charge < -0.3 is 10.2 Å². The van der Waals surface area contributed by atoms with E-state index in [4.69, 9.17) is 0 Å². The first-order valence-electron chi connectivity index (χ1n) is 8.52. The van der Waals surface area contributed by atoms with Gasteiger partial charge in [0.05, 0.1) is 5.52 Å². The molecule has 2 aromatic carbocycles. The average molecular weight is 318 g/mol. The number of benzene rings is 2. The van der Waals surface area contributed by atoms with Gasteiger partial charge in [-0.2, -0.15) is 0 Å². The van der Waals surface area contributed by atoms with Crippen molar-refractivity contribution < 1.29 is 0 Å². The molecule has 2 atom stereocenters. The van der Waals surface area contributed by atoms with Crippen LogP contribution in [0.25, 0.3) is 22.3 Å². The van der Waals surface area contributed by atoms with Crippen molar-refractivity contribution in [2.75, 3.05) is 18.0 Å². The van der Waals surface area contributed by atoms with Crippen LogP contribution in [0.1, 0.15) is 13.8 Å². The number of fused-ring (bicyclic) bond motifs is 1. The molecule has 1 aliphatic rings. The summed E-state index contributed by atoms with van der Waals surface area (Å²) in [4.78, 5) is 11.6. The second-order valence-corrected chi connectivity index (χ2v) is 6.67. The number of hydrogen-bond acceptors (Lipinski definition) is 4. The van der Waals surface area contributed by atoms with Crippen LogP contribution in [0.4, 0.5) is 5.69 Å². The number of piperazine rings is 1. The second kappa shape index (κ2) is 6.21. The summed E-state index contributed by atoms with van der Waals surface area (Å²) in [6.45, 7) is 6.55. The van der Waals surface area contributed by atoms with E-state index in [0.29, 0.717) is 12.1 Å². The summed E-state index contributed by atoms with van der Waals surface area (Å²) >= 11 is 0. The molecule has 0 radical (unpaired) electrons. The molecular weight excluding hydrogens is 296 g/mol. The zero-order valence-corrected chi connectivity index (χ0v) is 14.1. The first-order chi connectivity index (χ1) is 11.7. The van der Waals surface area contributed by atoms with E-state index in [1.165, 1.54) is 5.69 Å². The first-order valence-corrected chi connectivity index (χ1v) is 8.52. The summed E-state index contributed by atoms with van der Waals surface area (Å²) in [6.07, 6.45) is 1.89. The van der Waals surface area contributed by atoms with Crippen molar-refractivity contribution in [1.29, 1.82) is 0 Å². The quantitative estimate of drug-likeness (QED) is 0.785. The number of anilines is 1. The molecule has 3 aromatic rings. The third kappa shape index (κ3) is 2.97. The van der Waals surface area contributed by atoms with Gasteiger partial charge >= 0.3 is 0 Å². The van der Waals surface area contributed by atoms with E-state index in [0.717, 1.165) is 35.4 Å². The van der Waals surface area contributed by atoms with Crippen molar-refractivity contribution in [3.05, 3.63) is 54.7 Å². The summed E-state index contributed by atoms with van der Waals surface area (Å²) in [6, 6.07) is 17.7. The molecule has 4 heteroatoms. The molecule has 0 bridgehead atoms. The van der Waals surface area contributed by atoms with Gasteiger partial charge in [-0.25, -0.2) is 9.97 Å². The van der Waals surface area contributed by atoms with Crippen molar-refractivity contribution in [2.45, 2.75) is 25.9 Å². The number of nitrogens with zero attached hydrogens (tertiary/aromatic N) is 3. The molecule has 122 valence electrons.